The average molecular weight is 275 g/mol. The summed E-state index contributed by atoms with van der Waals surface area (Å²) in [6.07, 6.45) is 4.73. The van der Waals surface area contributed by atoms with Crippen molar-refractivity contribution in [3.8, 4) is 0 Å². The van der Waals surface area contributed by atoms with Crippen molar-refractivity contribution in [3.05, 3.63) is 35.9 Å². The van der Waals surface area contributed by atoms with E-state index >= 15 is 0 Å². The third-order valence-corrected chi connectivity index (χ3v) is 4.45. The Morgan fingerprint density at radius 2 is 1.90 bits per heavy atom. The zero-order valence-corrected chi connectivity index (χ0v) is 12.4. The highest BCUT2D eigenvalue weighted by molar-refractivity contribution is 5.76. The highest BCUT2D eigenvalue weighted by atomic mass is 16.4. The zero-order valence-electron chi connectivity index (χ0n) is 12.4. The summed E-state index contributed by atoms with van der Waals surface area (Å²) in [7, 11) is 0. The number of carbonyl (C=O) groups is 1. The molecule has 1 aromatic rings. The summed E-state index contributed by atoms with van der Waals surface area (Å²) in [6.45, 7) is 5.14. The number of carboxylic acid groups (broad SMARTS) is 1. The molecule has 3 nitrogen and oxygen atoms in total. The molecule has 0 spiro atoms. The summed E-state index contributed by atoms with van der Waals surface area (Å²) in [5.74, 6) is -1.20. The van der Waals surface area contributed by atoms with Crippen LogP contribution in [0.3, 0.4) is 0 Å². The summed E-state index contributed by atoms with van der Waals surface area (Å²) in [6, 6.07) is 9.96. The van der Waals surface area contributed by atoms with Crippen molar-refractivity contribution in [1.82, 2.24) is 5.32 Å². The molecule has 1 aromatic carbocycles. The molecule has 1 fully saturated rings. The molecule has 0 aromatic heterocycles. The summed E-state index contributed by atoms with van der Waals surface area (Å²) in [5, 5.41) is 12.9. The highest BCUT2D eigenvalue weighted by Gasteiger charge is 2.28. The average Bonchev–Trinajstić information content (AvgIpc) is 2.41. The van der Waals surface area contributed by atoms with Crippen LogP contribution in [-0.2, 0) is 4.79 Å². The molecule has 1 aliphatic rings. The van der Waals surface area contributed by atoms with Crippen molar-refractivity contribution in [1.29, 1.82) is 0 Å². The number of benzene rings is 1. The molecule has 1 saturated carbocycles. The van der Waals surface area contributed by atoms with Gasteiger partial charge in [0.2, 0.25) is 0 Å². The van der Waals surface area contributed by atoms with Crippen molar-refractivity contribution in [2.45, 2.75) is 51.5 Å². The van der Waals surface area contributed by atoms with Gasteiger partial charge >= 0.3 is 5.97 Å². The van der Waals surface area contributed by atoms with Crippen LogP contribution >= 0.6 is 0 Å². The van der Waals surface area contributed by atoms with Crippen molar-refractivity contribution < 1.29 is 9.90 Å². The van der Waals surface area contributed by atoms with Gasteiger partial charge in [-0.2, -0.15) is 0 Å². The van der Waals surface area contributed by atoms with Gasteiger partial charge in [0.25, 0.3) is 0 Å². The molecule has 0 bridgehead atoms. The molecule has 3 heteroatoms. The van der Waals surface area contributed by atoms with E-state index in [0.717, 1.165) is 18.4 Å². The van der Waals surface area contributed by atoms with Gasteiger partial charge in [-0.1, -0.05) is 44.2 Å². The maximum atomic E-state index is 11.4. The van der Waals surface area contributed by atoms with E-state index in [-0.39, 0.29) is 0 Å². The van der Waals surface area contributed by atoms with Gasteiger partial charge in [0.15, 0.2) is 0 Å². The number of aliphatic carboxylic acids is 1. The van der Waals surface area contributed by atoms with Crippen LogP contribution in [0.5, 0.6) is 0 Å². The summed E-state index contributed by atoms with van der Waals surface area (Å²) >= 11 is 0. The third kappa shape index (κ3) is 4.07. The Bertz CT molecular complexity index is 432. The lowest BCUT2D eigenvalue weighted by atomic mass is 9.75. The fourth-order valence-electron chi connectivity index (χ4n) is 2.92. The molecule has 1 unspecified atom stereocenters. The minimum atomic E-state index is -0.750. The Morgan fingerprint density at radius 3 is 2.45 bits per heavy atom. The smallest absolute Gasteiger partial charge is 0.312 e. The van der Waals surface area contributed by atoms with Gasteiger partial charge < -0.3 is 10.4 Å². The zero-order chi connectivity index (χ0) is 14.6. The van der Waals surface area contributed by atoms with Gasteiger partial charge in [-0.05, 0) is 36.7 Å². The lowest BCUT2D eigenvalue weighted by Gasteiger charge is -2.35. The first-order valence-electron chi connectivity index (χ1n) is 7.49. The molecule has 0 radical (unpaired) electrons. The molecule has 0 aliphatic heterocycles. The quantitative estimate of drug-likeness (QED) is 0.865. The molecular formula is C17H25NO2. The van der Waals surface area contributed by atoms with E-state index in [9.17, 15) is 9.90 Å². The number of carboxylic acids is 1. The number of nitrogens with one attached hydrogen (secondary N) is 1. The molecule has 2 N–H and O–H groups in total. The van der Waals surface area contributed by atoms with Gasteiger partial charge in [-0.3, -0.25) is 4.79 Å². The molecule has 20 heavy (non-hydrogen) atoms. The van der Waals surface area contributed by atoms with Crippen LogP contribution in [-0.4, -0.2) is 23.7 Å². The molecule has 1 aliphatic carbocycles. The fraction of sp³-hybridized carbons (Fsp3) is 0.588. The second-order valence-corrected chi connectivity index (χ2v) is 6.65. The minimum Gasteiger partial charge on any atom is -0.481 e. The summed E-state index contributed by atoms with van der Waals surface area (Å²) in [4.78, 5) is 11.4. The fourth-order valence-corrected chi connectivity index (χ4v) is 2.92. The standard InChI is InChI=1S/C17H25NO2/c1-17(2)10-8-14(9-11-17)18-12-15(16(19)20)13-6-4-3-5-7-13/h3-7,14-15,18H,8-12H2,1-2H3,(H,19,20). The predicted octanol–water partition coefficient (Wildman–Crippen LogP) is 3.41. The van der Waals surface area contributed by atoms with E-state index in [0.29, 0.717) is 18.0 Å². The molecule has 110 valence electrons. The Labute approximate surface area is 121 Å². The second-order valence-electron chi connectivity index (χ2n) is 6.65. The first-order valence-corrected chi connectivity index (χ1v) is 7.49. The first kappa shape index (κ1) is 15.0. The van der Waals surface area contributed by atoms with Crippen LogP contribution in [0.1, 0.15) is 51.0 Å². The van der Waals surface area contributed by atoms with Crippen LogP contribution in [0.25, 0.3) is 0 Å². The summed E-state index contributed by atoms with van der Waals surface area (Å²) < 4.78 is 0. The molecule has 0 amide bonds. The van der Waals surface area contributed by atoms with Gasteiger partial charge in [0, 0.05) is 12.6 Å². The predicted molar refractivity (Wildman–Crippen MR) is 80.9 cm³/mol. The van der Waals surface area contributed by atoms with Crippen LogP contribution in [0.2, 0.25) is 0 Å². The lowest BCUT2D eigenvalue weighted by molar-refractivity contribution is -0.138. The van der Waals surface area contributed by atoms with E-state index < -0.39 is 11.9 Å². The second kappa shape index (κ2) is 6.40. The maximum absolute atomic E-state index is 11.4. The molecular weight excluding hydrogens is 250 g/mol. The lowest BCUT2D eigenvalue weighted by Crippen LogP contribution is -2.39. The largest absolute Gasteiger partial charge is 0.481 e. The van der Waals surface area contributed by atoms with Crippen molar-refractivity contribution in [2.75, 3.05) is 6.54 Å². The van der Waals surface area contributed by atoms with Crippen LogP contribution in [0.4, 0.5) is 0 Å². The van der Waals surface area contributed by atoms with Crippen molar-refractivity contribution >= 4 is 5.97 Å². The van der Waals surface area contributed by atoms with E-state index in [1.807, 2.05) is 30.3 Å². The minimum absolute atomic E-state index is 0.448. The van der Waals surface area contributed by atoms with Crippen LogP contribution in [0.15, 0.2) is 30.3 Å². The molecule has 0 saturated heterocycles. The Kier molecular flexibility index (Phi) is 4.81. The van der Waals surface area contributed by atoms with E-state index in [1.54, 1.807) is 0 Å². The van der Waals surface area contributed by atoms with Gasteiger partial charge in [-0.25, -0.2) is 0 Å². The van der Waals surface area contributed by atoms with Gasteiger partial charge in [-0.15, -0.1) is 0 Å². The Morgan fingerprint density at radius 1 is 1.30 bits per heavy atom. The number of rotatable bonds is 5. The first-order chi connectivity index (χ1) is 9.48. The maximum Gasteiger partial charge on any atom is 0.312 e. The van der Waals surface area contributed by atoms with E-state index in [2.05, 4.69) is 19.2 Å². The SMILES string of the molecule is CC1(C)CCC(NCC(C(=O)O)c2ccccc2)CC1. The number of hydrogen-bond acceptors (Lipinski definition) is 2. The Balaban J connectivity index is 1.89. The number of hydrogen-bond donors (Lipinski definition) is 2. The monoisotopic (exact) mass is 275 g/mol. The topological polar surface area (TPSA) is 49.3 Å². The van der Waals surface area contributed by atoms with Crippen LogP contribution < -0.4 is 5.32 Å². The van der Waals surface area contributed by atoms with Crippen LogP contribution in [0, 0.1) is 5.41 Å². The normalized spacial score (nSPS) is 20.5. The van der Waals surface area contributed by atoms with Crippen molar-refractivity contribution in [3.63, 3.8) is 0 Å². The van der Waals surface area contributed by atoms with Crippen molar-refractivity contribution in [2.24, 2.45) is 5.41 Å². The molecule has 1 atom stereocenters. The summed E-state index contributed by atoms with van der Waals surface area (Å²) in [5.41, 5.74) is 1.33. The van der Waals surface area contributed by atoms with E-state index in [1.165, 1.54) is 12.8 Å². The van der Waals surface area contributed by atoms with Gasteiger partial charge in [0.05, 0.1) is 5.92 Å². The third-order valence-electron chi connectivity index (χ3n) is 4.45. The van der Waals surface area contributed by atoms with E-state index in [4.69, 9.17) is 0 Å². The Hall–Kier alpha value is -1.35. The molecule has 0 heterocycles. The highest BCUT2D eigenvalue weighted by Crippen LogP contribution is 2.35. The van der Waals surface area contributed by atoms with Gasteiger partial charge in [0.1, 0.15) is 0 Å². The molecule has 2 rings (SSSR count).